The van der Waals surface area contributed by atoms with E-state index in [1.54, 1.807) is 0 Å². The van der Waals surface area contributed by atoms with E-state index in [4.69, 9.17) is 0 Å². The van der Waals surface area contributed by atoms with Gasteiger partial charge in [-0.1, -0.05) is 0 Å². The van der Waals surface area contributed by atoms with Gasteiger partial charge in [0.1, 0.15) is 0 Å². The van der Waals surface area contributed by atoms with Gasteiger partial charge < -0.3 is 0 Å². The van der Waals surface area contributed by atoms with Crippen LogP contribution < -0.4 is 0 Å². The second-order valence-corrected chi connectivity index (χ2v) is 49.3. The van der Waals surface area contributed by atoms with Gasteiger partial charge in [0.05, 0.1) is 0 Å². The summed E-state index contributed by atoms with van der Waals surface area (Å²) in [7, 11) is -6.22. The van der Waals surface area contributed by atoms with Gasteiger partial charge >= 0.3 is 211 Å². The summed E-state index contributed by atoms with van der Waals surface area (Å²) in [6.07, 6.45) is 3.84. The van der Waals surface area contributed by atoms with E-state index in [2.05, 4.69) is 112 Å². The molecule has 0 aliphatic carbocycles. The number of fused-ring (bicyclic) bond motifs is 1. The van der Waals surface area contributed by atoms with E-state index in [9.17, 15) is 0 Å². The van der Waals surface area contributed by atoms with Crippen LogP contribution in [-0.2, 0) is 0 Å². The first-order chi connectivity index (χ1) is 14.3. The molecular weight excluding hydrogens is 554 g/mol. The van der Waals surface area contributed by atoms with Crippen molar-refractivity contribution in [3.05, 3.63) is 39.8 Å². The van der Waals surface area contributed by atoms with Crippen LogP contribution in [0.3, 0.4) is 0 Å². The molecule has 3 aliphatic heterocycles. The van der Waals surface area contributed by atoms with Crippen LogP contribution in [0.25, 0.3) is 0 Å². The van der Waals surface area contributed by atoms with Crippen molar-refractivity contribution in [2.75, 3.05) is 0 Å². The molecule has 3 heterocycles. The molecule has 0 unspecified atom stereocenters. The van der Waals surface area contributed by atoms with Gasteiger partial charge in [0, 0.05) is 0 Å². The molecule has 32 heavy (non-hydrogen) atoms. The minimum absolute atomic E-state index is 0.706. The normalized spacial score (nSPS) is 24.7. The molecule has 0 fully saturated rings. The van der Waals surface area contributed by atoms with Crippen molar-refractivity contribution in [2.24, 2.45) is 0 Å². The number of allylic oxidation sites excluding steroid dienone is 4. The van der Waals surface area contributed by atoms with Gasteiger partial charge in [-0.05, 0) is 0 Å². The van der Waals surface area contributed by atoms with E-state index in [1.807, 2.05) is 22.1 Å². The monoisotopic (exact) mass is 606 g/mol. The molecule has 178 valence electrons. The molecule has 0 saturated heterocycles. The fourth-order valence-corrected chi connectivity index (χ4v) is 63.6. The Morgan fingerprint density at radius 2 is 1.28 bits per heavy atom. The SMILES string of the molecule is CCB1C(CC)=C([Si](C)(C)C)[Si](C)(C)C2=C1C1=C([Si]2(C)C)[Si](C)(C)[C]([Sn]([CH3])([CH3])[CH3])=C1CC. The molecule has 0 amide bonds. The average Bonchev–Trinajstić information content (AvgIpc) is 3.00. The van der Waals surface area contributed by atoms with Crippen LogP contribution in [0.5, 0.6) is 0 Å². The van der Waals surface area contributed by atoms with Crippen LogP contribution in [-0.4, -0.2) is 57.4 Å². The molecule has 0 N–H and O–H groups in total. The van der Waals surface area contributed by atoms with Gasteiger partial charge in [0.2, 0.25) is 0 Å². The Bertz CT molecular complexity index is 978. The summed E-state index contributed by atoms with van der Waals surface area (Å²) in [6.45, 7) is 32.8. The Kier molecular flexibility index (Phi) is 6.91. The van der Waals surface area contributed by atoms with E-state index < -0.39 is 50.7 Å². The Labute approximate surface area is 209 Å². The molecule has 0 bridgehead atoms. The predicted octanol–water partition coefficient (Wildman–Crippen LogP) is 8.74. The summed E-state index contributed by atoms with van der Waals surface area (Å²) in [5.41, 5.74) is 7.65. The van der Waals surface area contributed by atoms with Gasteiger partial charge in [0.25, 0.3) is 0 Å². The molecule has 3 aliphatic rings. The van der Waals surface area contributed by atoms with E-state index in [0.29, 0.717) is 6.71 Å². The topological polar surface area (TPSA) is 0 Å². The summed E-state index contributed by atoms with van der Waals surface area (Å²) in [5, 5.41) is 0. The van der Waals surface area contributed by atoms with Gasteiger partial charge in [0.15, 0.2) is 0 Å². The summed E-state index contributed by atoms with van der Waals surface area (Å²) in [4.78, 5) is 14.4. The first-order valence-electron chi connectivity index (χ1n) is 13.3. The third-order valence-corrected chi connectivity index (χ3v) is 47.0. The van der Waals surface area contributed by atoms with Crippen LogP contribution in [0.2, 0.25) is 80.1 Å². The van der Waals surface area contributed by atoms with E-state index in [1.165, 1.54) is 19.2 Å². The minimum atomic E-state index is -2.20. The van der Waals surface area contributed by atoms with Gasteiger partial charge in [-0.15, -0.1) is 0 Å². The molecular formula is C26H51BSi4Sn. The summed E-state index contributed by atoms with van der Waals surface area (Å²) < 4.78 is 2.10. The molecule has 0 aromatic rings. The Hall–Kier alpha value is 0.691. The molecule has 0 radical (unpaired) electrons. The van der Waals surface area contributed by atoms with Crippen LogP contribution in [0.1, 0.15) is 33.6 Å². The third kappa shape index (κ3) is 3.60. The Balaban J connectivity index is 2.48. The summed E-state index contributed by atoms with van der Waals surface area (Å²) in [5.74, 6) is 0. The Morgan fingerprint density at radius 1 is 0.750 bits per heavy atom. The van der Waals surface area contributed by atoms with Crippen molar-refractivity contribution in [3.63, 3.8) is 0 Å². The van der Waals surface area contributed by atoms with Crippen molar-refractivity contribution in [1.29, 1.82) is 0 Å². The fraction of sp³-hybridized carbons (Fsp3) is 0.692. The van der Waals surface area contributed by atoms with E-state index in [0.717, 1.165) is 0 Å². The second kappa shape index (κ2) is 8.10. The maximum absolute atomic E-state index is 2.80. The third-order valence-electron chi connectivity index (χ3n) is 8.88. The Morgan fingerprint density at radius 3 is 1.66 bits per heavy atom. The van der Waals surface area contributed by atoms with Crippen LogP contribution in [0, 0.1) is 0 Å². The number of rotatable bonds is 5. The first kappa shape index (κ1) is 27.3. The molecule has 0 saturated carbocycles. The average molecular weight is 606 g/mol. The number of hydrogen-bond donors (Lipinski definition) is 0. The fourth-order valence-electron chi connectivity index (χ4n) is 9.45. The second-order valence-electron chi connectivity index (χ2n) is 14.3. The zero-order valence-corrected chi connectivity index (χ0v) is 31.1. The molecule has 3 rings (SSSR count). The quantitative estimate of drug-likeness (QED) is 0.275. The van der Waals surface area contributed by atoms with Crippen molar-refractivity contribution < 1.29 is 0 Å². The standard InChI is InChI=1S/C23H42BSi4.3CH3.Sn/c1-13-17-16-26(7,8)22-19(17)20-23(28(22,11)12)27(9,10)21(25(4,5)6)18(14-2)24(20)15-3;;;;/h13-15H2,1-12H3;3*1H3;. The summed E-state index contributed by atoms with van der Waals surface area (Å²) in [6, 6.07) is 0. The van der Waals surface area contributed by atoms with Crippen molar-refractivity contribution in [1.82, 2.24) is 0 Å². The maximum atomic E-state index is 2.80. The van der Waals surface area contributed by atoms with Crippen molar-refractivity contribution >= 4 is 57.4 Å². The van der Waals surface area contributed by atoms with E-state index >= 15 is 0 Å². The van der Waals surface area contributed by atoms with Crippen LogP contribution in [0.4, 0.5) is 0 Å². The van der Waals surface area contributed by atoms with Crippen molar-refractivity contribution in [3.8, 4) is 0 Å². The van der Waals surface area contributed by atoms with Gasteiger partial charge in [-0.2, -0.15) is 0 Å². The van der Waals surface area contributed by atoms with Gasteiger partial charge in [-0.25, -0.2) is 0 Å². The van der Waals surface area contributed by atoms with Crippen molar-refractivity contribution in [2.45, 2.75) is 114 Å². The van der Waals surface area contributed by atoms with Crippen LogP contribution >= 0.6 is 0 Å². The van der Waals surface area contributed by atoms with E-state index in [-0.39, 0.29) is 0 Å². The molecule has 0 spiro atoms. The zero-order chi connectivity index (χ0) is 24.8. The molecule has 0 atom stereocenters. The zero-order valence-electron chi connectivity index (χ0n) is 24.2. The number of hydrogen-bond acceptors (Lipinski definition) is 0. The summed E-state index contributed by atoms with van der Waals surface area (Å²) >= 11 is -2.20. The first-order valence-corrected chi connectivity index (χ1v) is 35.8. The molecule has 0 aromatic carbocycles. The van der Waals surface area contributed by atoms with Crippen LogP contribution in [0.15, 0.2) is 39.8 Å². The molecule has 0 nitrogen and oxygen atoms in total. The van der Waals surface area contributed by atoms with Gasteiger partial charge in [-0.3, -0.25) is 0 Å². The molecule has 6 heteroatoms. The molecule has 0 aromatic heterocycles. The predicted molar refractivity (Wildman–Crippen MR) is 164 cm³/mol.